The molecule has 0 saturated heterocycles. The minimum Gasteiger partial charge on any atom is -0.481 e. The van der Waals surface area contributed by atoms with Crippen molar-refractivity contribution in [1.29, 1.82) is 0 Å². The molecular weight excluding hydrogens is 232 g/mol. The lowest BCUT2D eigenvalue weighted by atomic mass is 9.84. The van der Waals surface area contributed by atoms with Crippen LogP contribution in [-0.4, -0.2) is 30.1 Å². The smallest absolute Gasteiger partial charge is 0.303 e. The summed E-state index contributed by atoms with van der Waals surface area (Å²) in [5.41, 5.74) is 5.59. The van der Waals surface area contributed by atoms with Gasteiger partial charge in [-0.25, -0.2) is 0 Å². The van der Waals surface area contributed by atoms with Gasteiger partial charge in [0.1, 0.15) is 0 Å². The van der Waals surface area contributed by atoms with Crippen LogP contribution in [0.3, 0.4) is 0 Å². The van der Waals surface area contributed by atoms with Crippen LogP contribution in [0.15, 0.2) is 0 Å². The molecule has 0 aliphatic rings. The highest BCUT2D eigenvalue weighted by molar-refractivity contribution is 5.76. The Labute approximate surface area is 109 Å². The predicted molar refractivity (Wildman–Crippen MR) is 71.1 cm³/mol. The summed E-state index contributed by atoms with van der Waals surface area (Å²) in [7, 11) is 0. The molecule has 5 heteroatoms. The summed E-state index contributed by atoms with van der Waals surface area (Å²) >= 11 is 0. The van der Waals surface area contributed by atoms with Gasteiger partial charge in [-0.15, -0.1) is 0 Å². The first-order chi connectivity index (χ1) is 8.26. The van der Waals surface area contributed by atoms with Crippen molar-refractivity contribution in [2.24, 2.45) is 17.1 Å². The minimum atomic E-state index is -0.833. The summed E-state index contributed by atoms with van der Waals surface area (Å²) in [5, 5.41) is 11.4. The number of carbonyl (C=O) groups excluding carboxylic acids is 1. The average molecular weight is 258 g/mol. The second-order valence-electron chi connectivity index (χ2n) is 5.71. The van der Waals surface area contributed by atoms with E-state index in [-0.39, 0.29) is 23.7 Å². The van der Waals surface area contributed by atoms with E-state index in [1.165, 1.54) is 0 Å². The van der Waals surface area contributed by atoms with Crippen molar-refractivity contribution in [1.82, 2.24) is 5.32 Å². The summed E-state index contributed by atoms with van der Waals surface area (Å²) in [6, 6.07) is 0. The number of carboxylic acids is 1. The molecule has 0 heterocycles. The van der Waals surface area contributed by atoms with Crippen LogP contribution < -0.4 is 11.1 Å². The number of carbonyl (C=O) groups is 2. The SMILES string of the molecule is CC(CNC(=O)CCC(C)(C)CCN)CC(=O)O. The molecule has 0 radical (unpaired) electrons. The molecule has 1 atom stereocenters. The molecule has 106 valence electrons. The fourth-order valence-electron chi connectivity index (χ4n) is 1.71. The zero-order chi connectivity index (χ0) is 14.2. The van der Waals surface area contributed by atoms with Crippen LogP contribution in [0.5, 0.6) is 0 Å². The Hall–Kier alpha value is -1.10. The van der Waals surface area contributed by atoms with Gasteiger partial charge >= 0.3 is 5.97 Å². The van der Waals surface area contributed by atoms with Gasteiger partial charge in [-0.1, -0.05) is 20.8 Å². The van der Waals surface area contributed by atoms with Crippen molar-refractivity contribution in [3.8, 4) is 0 Å². The monoisotopic (exact) mass is 258 g/mol. The maximum atomic E-state index is 11.6. The van der Waals surface area contributed by atoms with Gasteiger partial charge in [0.2, 0.25) is 5.91 Å². The molecule has 0 fully saturated rings. The van der Waals surface area contributed by atoms with Crippen LogP contribution in [0.25, 0.3) is 0 Å². The van der Waals surface area contributed by atoms with E-state index in [0.29, 0.717) is 19.5 Å². The lowest BCUT2D eigenvalue weighted by molar-refractivity contribution is -0.138. The number of rotatable bonds is 9. The van der Waals surface area contributed by atoms with Crippen molar-refractivity contribution < 1.29 is 14.7 Å². The zero-order valence-electron chi connectivity index (χ0n) is 11.7. The van der Waals surface area contributed by atoms with E-state index in [0.717, 1.165) is 12.8 Å². The van der Waals surface area contributed by atoms with Crippen LogP contribution in [0.4, 0.5) is 0 Å². The Bertz CT molecular complexity index is 277. The molecule has 0 rings (SSSR count). The van der Waals surface area contributed by atoms with Crippen LogP contribution in [-0.2, 0) is 9.59 Å². The molecule has 0 saturated carbocycles. The van der Waals surface area contributed by atoms with E-state index in [2.05, 4.69) is 19.2 Å². The van der Waals surface area contributed by atoms with Gasteiger partial charge in [0.05, 0.1) is 0 Å². The molecule has 0 aromatic rings. The lowest BCUT2D eigenvalue weighted by Crippen LogP contribution is -2.30. The van der Waals surface area contributed by atoms with Crippen molar-refractivity contribution in [3.05, 3.63) is 0 Å². The van der Waals surface area contributed by atoms with Crippen LogP contribution >= 0.6 is 0 Å². The molecule has 4 N–H and O–H groups in total. The molecule has 0 spiro atoms. The molecule has 0 bridgehead atoms. The highest BCUT2D eigenvalue weighted by Gasteiger charge is 2.18. The van der Waals surface area contributed by atoms with E-state index in [4.69, 9.17) is 10.8 Å². The maximum absolute atomic E-state index is 11.6. The maximum Gasteiger partial charge on any atom is 0.303 e. The Morgan fingerprint density at radius 3 is 2.44 bits per heavy atom. The van der Waals surface area contributed by atoms with Gasteiger partial charge in [0, 0.05) is 19.4 Å². The molecule has 1 unspecified atom stereocenters. The molecule has 0 aliphatic carbocycles. The number of hydrogen-bond acceptors (Lipinski definition) is 3. The van der Waals surface area contributed by atoms with Crippen LogP contribution in [0.2, 0.25) is 0 Å². The van der Waals surface area contributed by atoms with Crippen LogP contribution in [0, 0.1) is 11.3 Å². The Kier molecular flexibility index (Phi) is 7.59. The molecule has 0 aromatic heterocycles. The highest BCUT2D eigenvalue weighted by Crippen LogP contribution is 2.25. The van der Waals surface area contributed by atoms with Crippen molar-refractivity contribution in [3.63, 3.8) is 0 Å². The van der Waals surface area contributed by atoms with Crippen molar-refractivity contribution in [2.45, 2.75) is 46.5 Å². The minimum absolute atomic E-state index is 0.0164. The fourth-order valence-corrected chi connectivity index (χ4v) is 1.71. The summed E-state index contributed by atoms with van der Waals surface area (Å²) in [6.07, 6.45) is 2.24. The van der Waals surface area contributed by atoms with Gasteiger partial charge in [0.25, 0.3) is 0 Å². The quantitative estimate of drug-likeness (QED) is 0.582. The third-order valence-corrected chi connectivity index (χ3v) is 3.02. The summed E-state index contributed by atoms with van der Waals surface area (Å²) in [6.45, 7) is 7.06. The van der Waals surface area contributed by atoms with E-state index >= 15 is 0 Å². The van der Waals surface area contributed by atoms with Gasteiger partial charge < -0.3 is 16.2 Å². The standard InChI is InChI=1S/C13H26N2O3/c1-10(8-12(17)18)9-15-11(16)4-5-13(2,3)6-7-14/h10H,4-9,14H2,1-3H3,(H,15,16)(H,17,18). The van der Waals surface area contributed by atoms with Crippen molar-refractivity contribution >= 4 is 11.9 Å². The third kappa shape index (κ3) is 8.98. The van der Waals surface area contributed by atoms with Crippen molar-refractivity contribution in [2.75, 3.05) is 13.1 Å². The Morgan fingerprint density at radius 1 is 1.33 bits per heavy atom. The van der Waals surface area contributed by atoms with Gasteiger partial charge in [-0.2, -0.15) is 0 Å². The van der Waals surface area contributed by atoms with E-state index in [1.807, 2.05) is 6.92 Å². The number of nitrogens with one attached hydrogen (secondary N) is 1. The topological polar surface area (TPSA) is 92.4 Å². The number of hydrogen-bond donors (Lipinski definition) is 3. The van der Waals surface area contributed by atoms with Gasteiger partial charge in [0.15, 0.2) is 0 Å². The molecule has 5 nitrogen and oxygen atoms in total. The summed E-state index contributed by atoms with van der Waals surface area (Å²) in [4.78, 5) is 22.1. The van der Waals surface area contributed by atoms with Gasteiger partial charge in [-0.05, 0) is 30.7 Å². The second-order valence-corrected chi connectivity index (χ2v) is 5.71. The second kappa shape index (κ2) is 8.08. The normalized spacial score (nSPS) is 13.1. The van der Waals surface area contributed by atoms with E-state index in [1.54, 1.807) is 0 Å². The number of aliphatic carboxylic acids is 1. The molecular formula is C13H26N2O3. The predicted octanol–water partition coefficient (Wildman–Crippen LogP) is 1.37. The first-order valence-electron chi connectivity index (χ1n) is 6.45. The number of carboxylic acid groups (broad SMARTS) is 1. The zero-order valence-corrected chi connectivity index (χ0v) is 11.7. The largest absolute Gasteiger partial charge is 0.481 e. The van der Waals surface area contributed by atoms with E-state index in [9.17, 15) is 9.59 Å². The first kappa shape index (κ1) is 16.9. The third-order valence-electron chi connectivity index (χ3n) is 3.02. The fraction of sp³-hybridized carbons (Fsp3) is 0.846. The first-order valence-corrected chi connectivity index (χ1v) is 6.45. The molecule has 0 aliphatic heterocycles. The molecule has 0 aromatic carbocycles. The van der Waals surface area contributed by atoms with Gasteiger partial charge in [-0.3, -0.25) is 9.59 Å². The van der Waals surface area contributed by atoms with E-state index < -0.39 is 5.97 Å². The Morgan fingerprint density at radius 2 is 1.94 bits per heavy atom. The molecule has 18 heavy (non-hydrogen) atoms. The number of amides is 1. The molecule has 1 amide bonds. The average Bonchev–Trinajstić information content (AvgIpc) is 2.22. The van der Waals surface area contributed by atoms with Crippen LogP contribution in [0.1, 0.15) is 46.5 Å². The number of nitrogens with two attached hydrogens (primary N) is 1. The summed E-state index contributed by atoms with van der Waals surface area (Å²) < 4.78 is 0. The highest BCUT2D eigenvalue weighted by atomic mass is 16.4. The summed E-state index contributed by atoms with van der Waals surface area (Å²) in [5.74, 6) is -0.887. The lowest BCUT2D eigenvalue weighted by Gasteiger charge is -2.23. The Balaban J connectivity index is 3.81.